The van der Waals surface area contributed by atoms with Crippen LogP contribution in [0.3, 0.4) is 0 Å². The Morgan fingerprint density at radius 3 is 2.45 bits per heavy atom. The molecule has 7 nitrogen and oxygen atoms in total. The van der Waals surface area contributed by atoms with Crippen LogP contribution >= 0.6 is 0 Å². The topological polar surface area (TPSA) is 110 Å². The minimum Gasteiger partial charge on any atom is -0.508 e. The zero-order valence-electron chi connectivity index (χ0n) is 11.2. The molecule has 2 aromatic carbocycles. The number of phenols is 2. The van der Waals surface area contributed by atoms with E-state index in [0.717, 1.165) is 29.6 Å². The highest BCUT2D eigenvalue weighted by Gasteiger charge is 2.25. The second-order valence-corrected chi connectivity index (χ2v) is 6.71. The van der Waals surface area contributed by atoms with Crippen molar-refractivity contribution in [1.82, 2.24) is 5.06 Å². The van der Waals surface area contributed by atoms with Gasteiger partial charge in [0, 0.05) is 11.6 Å². The zero-order chi connectivity index (χ0) is 15.9. The molecule has 0 unspecified atom stereocenters. The molecule has 0 aliphatic carbocycles. The first kappa shape index (κ1) is 14.4. The molecule has 1 heterocycles. The average Bonchev–Trinajstić information content (AvgIpc) is 2.45. The van der Waals surface area contributed by atoms with Crippen molar-refractivity contribution in [2.24, 2.45) is 4.99 Å². The molecule has 0 atom stereocenters. The standard InChI is InChI=1S/C14H12N2O5S/c17-10-4-11(18)6-12(5-10)22(20,21)13-3-1-2-9-7-16(19)8-15-14(9)13/h1-6,8,17-19H,7H2. The quantitative estimate of drug-likeness (QED) is 0.778. The summed E-state index contributed by atoms with van der Waals surface area (Å²) >= 11 is 0. The van der Waals surface area contributed by atoms with E-state index in [4.69, 9.17) is 0 Å². The van der Waals surface area contributed by atoms with Gasteiger partial charge in [-0.1, -0.05) is 12.1 Å². The maximum Gasteiger partial charge on any atom is 0.209 e. The number of hydrogen-bond acceptors (Lipinski definition) is 7. The molecule has 0 amide bonds. The number of rotatable bonds is 2. The fraction of sp³-hybridized carbons (Fsp3) is 0.0714. The molecular formula is C14H12N2O5S. The van der Waals surface area contributed by atoms with E-state index >= 15 is 0 Å². The van der Waals surface area contributed by atoms with Gasteiger partial charge in [-0.25, -0.2) is 18.5 Å². The fourth-order valence-corrected chi connectivity index (χ4v) is 3.75. The molecule has 3 rings (SSSR count). The number of nitrogens with zero attached hydrogens (tertiary/aromatic N) is 2. The second kappa shape index (κ2) is 5.00. The first-order valence-corrected chi connectivity index (χ1v) is 7.76. The van der Waals surface area contributed by atoms with Gasteiger partial charge in [0.1, 0.15) is 17.8 Å². The minimum absolute atomic E-state index is 0.0562. The molecule has 0 radical (unpaired) electrons. The number of aromatic hydroxyl groups is 2. The lowest BCUT2D eigenvalue weighted by atomic mass is 10.1. The Morgan fingerprint density at radius 2 is 1.77 bits per heavy atom. The number of benzene rings is 2. The number of hydroxylamine groups is 2. The number of hydrogen-bond donors (Lipinski definition) is 3. The highest BCUT2D eigenvalue weighted by atomic mass is 32.2. The fourth-order valence-electron chi connectivity index (χ4n) is 2.25. The van der Waals surface area contributed by atoms with Gasteiger partial charge in [-0.3, -0.25) is 5.21 Å². The number of fused-ring (bicyclic) bond motifs is 1. The van der Waals surface area contributed by atoms with E-state index < -0.39 is 9.84 Å². The summed E-state index contributed by atoms with van der Waals surface area (Å²) in [6.07, 6.45) is 1.13. The van der Waals surface area contributed by atoms with Crippen molar-refractivity contribution in [2.45, 2.75) is 16.3 Å². The predicted molar refractivity (Wildman–Crippen MR) is 77.1 cm³/mol. The van der Waals surface area contributed by atoms with Gasteiger partial charge in [0.15, 0.2) is 0 Å². The number of para-hydroxylation sites is 1. The average molecular weight is 320 g/mol. The van der Waals surface area contributed by atoms with Gasteiger partial charge in [0.2, 0.25) is 9.84 Å². The normalized spacial score (nSPS) is 14.0. The molecule has 0 saturated heterocycles. The molecular weight excluding hydrogens is 308 g/mol. The van der Waals surface area contributed by atoms with E-state index in [2.05, 4.69) is 4.99 Å². The zero-order valence-corrected chi connectivity index (χ0v) is 12.0. The Balaban J connectivity index is 2.20. The van der Waals surface area contributed by atoms with Crippen molar-refractivity contribution in [3.05, 3.63) is 42.0 Å². The van der Waals surface area contributed by atoms with E-state index in [1.165, 1.54) is 6.07 Å². The van der Waals surface area contributed by atoms with Gasteiger partial charge in [0.25, 0.3) is 0 Å². The molecule has 3 N–H and O–H groups in total. The summed E-state index contributed by atoms with van der Waals surface area (Å²) < 4.78 is 25.4. The summed E-state index contributed by atoms with van der Waals surface area (Å²) in [6.45, 7) is 0.119. The van der Waals surface area contributed by atoms with Gasteiger partial charge >= 0.3 is 0 Å². The van der Waals surface area contributed by atoms with Gasteiger partial charge in [0.05, 0.1) is 22.0 Å². The van der Waals surface area contributed by atoms with Crippen LogP contribution in [-0.4, -0.2) is 35.2 Å². The molecule has 0 bridgehead atoms. The Bertz CT molecular complexity index is 857. The van der Waals surface area contributed by atoms with Crippen molar-refractivity contribution in [3.63, 3.8) is 0 Å². The minimum atomic E-state index is -3.98. The molecule has 22 heavy (non-hydrogen) atoms. The van der Waals surface area contributed by atoms with Gasteiger partial charge < -0.3 is 10.2 Å². The highest BCUT2D eigenvalue weighted by molar-refractivity contribution is 7.91. The highest BCUT2D eigenvalue weighted by Crippen LogP contribution is 2.36. The van der Waals surface area contributed by atoms with Crippen LogP contribution in [0.1, 0.15) is 5.56 Å². The van der Waals surface area contributed by atoms with E-state index in [9.17, 15) is 23.8 Å². The summed E-state index contributed by atoms with van der Waals surface area (Å²) in [5.41, 5.74) is 0.783. The molecule has 1 aliphatic heterocycles. The summed E-state index contributed by atoms with van der Waals surface area (Å²) in [5, 5.41) is 29.2. The summed E-state index contributed by atoms with van der Waals surface area (Å²) in [7, 11) is -3.98. The smallest absolute Gasteiger partial charge is 0.209 e. The third-order valence-corrected chi connectivity index (χ3v) is 4.98. The monoisotopic (exact) mass is 320 g/mol. The lowest BCUT2D eigenvalue weighted by molar-refractivity contribution is -0.0179. The Labute approximate surface area is 126 Å². The molecule has 0 aromatic heterocycles. The SMILES string of the molecule is O=S(=O)(c1cc(O)cc(O)c1)c1cccc2c1N=CN(O)C2. The van der Waals surface area contributed by atoms with E-state index in [0.29, 0.717) is 5.56 Å². The van der Waals surface area contributed by atoms with Crippen LogP contribution in [0.25, 0.3) is 0 Å². The van der Waals surface area contributed by atoms with Crippen LogP contribution in [0.15, 0.2) is 51.2 Å². The van der Waals surface area contributed by atoms with Crippen molar-refractivity contribution < 1.29 is 23.8 Å². The van der Waals surface area contributed by atoms with Crippen LogP contribution in [0, 0.1) is 0 Å². The molecule has 114 valence electrons. The van der Waals surface area contributed by atoms with Crippen LogP contribution in [0.5, 0.6) is 11.5 Å². The molecule has 8 heteroatoms. The predicted octanol–water partition coefficient (Wildman–Crippen LogP) is 1.80. The summed E-state index contributed by atoms with van der Waals surface area (Å²) in [4.78, 5) is 3.67. The molecule has 1 aliphatic rings. The number of phenolic OH excluding ortho intramolecular Hbond substituents is 2. The van der Waals surface area contributed by atoms with Crippen LogP contribution in [0.4, 0.5) is 5.69 Å². The van der Waals surface area contributed by atoms with Gasteiger partial charge in [-0.2, -0.15) is 0 Å². The third-order valence-electron chi connectivity index (χ3n) is 3.21. The number of aliphatic imine (C=N–C) groups is 1. The van der Waals surface area contributed by atoms with Crippen molar-refractivity contribution in [3.8, 4) is 11.5 Å². The molecule has 0 fully saturated rings. The first-order chi connectivity index (χ1) is 10.4. The lowest BCUT2D eigenvalue weighted by Crippen LogP contribution is -2.20. The third kappa shape index (κ3) is 2.38. The van der Waals surface area contributed by atoms with E-state index in [1.807, 2.05) is 0 Å². The molecule has 0 spiro atoms. The van der Waals surface area contributed by atoms with E-state index in [-0.39, 0.29) is 33.5 Å². The van der Waals surface area contributed by atoms with Gasteiger partial charge in [-0.15, -0.1) is 0 Å². The molecule has 0 saturated carbocycles. The van der Waals surface area contributed by atoms with Crippen LogP contribution in [0.2, 0.25) is 0 Å². The van der Waals surface area contributed by atoms with Crippen molar-refractivity contribution in [2.75, 3.05) is 0 Å². The number of sulfone groups is 1. The summed E-state index contributed by atoms with van der Waals surface area (Å²) in [5.74, 6) is -0.707. The van der Waals surface area contributed by atoms with Crippen LogP contribution in [-0.2, 0) is 16.4 Å². The lowest BCUT2D eigenvalue weighted by Gasteiger charge is -2.19. The van der Waals surface area contributed by atoms with E-state index in [1.54, 1.807) is 12.1 Å². The maximum atomic E-state index is 12.7. The van der Waals surface area contributed by atoms with Crippen molar-refractivity contribution >= 4 is 21.9 Å². The maximum absolute atomic E-state index is 12.7. The Kier molecular flexibility index (Phi) is 3.27. The Morgan fingerprint density at radius 1 is 1.09 bits per heavy atom. The van der Waals surface area contributed by atoms with Crippen molar-refractivity contribution in [1.29, 1.82) is 0 Å². The first-order valence-electron chi connectivity index (χ1n) is 6.27. The van der Waals surface area contributed by atoms with Gasteiger partial charge in [-0.05, 0) is 18.2 Å². The van der Waals surface area contributed by atoms with Crippen LogP contribution < -0.4 is 0 Å². The molecule has 2 aromatic rings. The largest absolute Gasteiger partial charge is 0.508 e. The Hall–Kier alpha value is -2.58. The second-order valence-electron chi connectivity index (χ2n) is 4.79. The summed E-state index contributed by atoms with van der Waals surface area (Å²) in [6, 6.07) is 7.75.